The average molecular weight is 287 g/mol. The molecule has 0 saturated carbocycles. The first kappa shape index (κ1) is 15.7. The Labute approximate surface area is 126 Å². The van der Waals surface area contributed by atoms with Crippen molar-refractivity contribution in [1.29, 1.82) is 0 Å². The molecule has 0 aliphatic carbocycles. The van der Waals surface area contributed by atoms with Crippen LogP contribution in [0.2, 0.25) is 0 Å². The quantitative estimate of drug-likeness (QED) is 0.888. The molecule has 1 aromatic carbocycles. The summed E-state index contributed by atoms with van der Waals surface area (Å²) in [5.74, 6) is -0.0100. The van der Waals surface area contributed by atoms with Crippen molar-refractivity contribution < 1.29 is 4.79 Å². The molecule has 2 rings (SSSR count). The number of nitrogens with zero attached hydrogens (tertiary/aromatic N) is 2. The number of hydrogen-bond acceptors (Lipinski definition) is 3. The summed E-state index contributed by atoms with van der Waals surface area (Å²) in [6.45, 7) is 3.01. The first-order chi connectivity index (χ1) is 10.0. The van der Waals surface area contributed by atoms with Crippen LogP contribution in [0.5, 0.6) is 0 Å². The number of para-hydroxylation sites is 1. The maximum atomic E-state index is 12.5. The second kappa shape index (κ2) is 6.87. The van der Waals surface area contributed by atoms with Crippen LogP contribution < -0.4 is 5.73 Å². The van der Waals surface area contributed by atoms with Gasteiger partial charge >= 0.3 is 0 Å². The Kier molecular flexibility index (Phi) is 5.15. The van der Waals surface area contributed by atoms with Crippen LogP contribution in [-0.2, 0) is 6.42 Å². The highest BCUT2D eigenvalue weighted by Crippen LogP contribution is 2.22. The van der Waals surface area contributed by atoms with E-state index in [1.54, 1.807) is 4.57 Å². The van der Waals surface area contributed by atoms with Crippen LogP contribution in [0.25, 0.3) is 10.9 Å². The number of carbonyl (C=O) groups excluding carboxylic acids is 1. The van der Waals surface area contributed by atoms with Crippen molar-refractivity contribution >= 4 is 16.8 Å². The SMILES string of the molecule is CCCC(N)C(=O)n1cc(CCN(C)C)c2ccccc21. The summed E-state index contributed by atoms with van der Waals surface area (Å²) in [6.07, 6.45) is 4.53. The Morgan fingerprint density at radius 1 is 1.33 bits per heavy atom. The van der Waals surface area contributed by atoms with E-state index in [1.807, 2.05) is 31.3 Å². The van der Waals surface area contributed by atoms with Gasteiger partial charge in [0.2, 0.25) is 5.91 Å². The molecule has 0 bridgehead atoms. The zero-order chi connectivity index (χ0) is 15.4. The Hall–Kier alpha value is -1.65. The van der Waals surface area contributed by atoms with E-state index < -0.39 is 6.04 Å². The van der Waals surface area contributed by atoms with E-state index >= 15 is 0 Å². The van der Waals surface area contributed by atoms with E-state index in [2.05, 4.69) is 25.1 Å². The van der Waals surface area contributed by atoms with Crippen molar-refractivity contribution in [2.75, 3.05) is 20.6 Å². The largest absolute Gasteiger partial charge is 0.320 e. The van der Waals surface area contributed by atoms with Gasteiger partial charge in [0.05, 0.1) is 11.6 Å². The number of benzene rings is 1. The number of rotatable bonds is 6. The predicted octanol–water partition coefficient (Wildman–Crippen LogP) is 2.51. The molecule has 114 valence electrons. The third-order valence-electron chi connectivity index (χ3n) is 3.78. The number of aromatic nitrogens is 1. The molecule has 4 heteroatoms. The van der Waals surface area contributed by atoms with E-state index in [0.29, 0.717) is 0 Å². The highest BCUT2D eigenvalue weighted by Gasteiger charge is 2.18. The lowest BCUT2D eigenvalue weighted by atomic mass is 10.1. The molecule has 0 spiro atoms. The molecule has 1 aromatic heterocycles. The lowest BCUT2D eigenvalue weighted by Crippen LogP contribution is -2.34. The summed E-state index contributed by atoms with van der Waals surface area (Å²) in [7, 11) is 4.11. The maximum Gasteiger partial charge on any atom is 0.247 e. The second-order valence-electron chi connectivity index (χ2n) is 5.83. The van der Waals surface area contributed by atoms with Crippen molar-refractivity contribution in [3.63, 3.8) is 0 Å². The van der Waals surface area contributed by atoms with Crippen LogP contribution in [0.4, 0.5) is 0 Å². The summed E-state index contributed by atoms with van der Waals surface area (Å²) in [6, 6.07) is 7.63. The van der Waals surface area contributed by atoms with Crippen LogP contribution >= 0.6 is 0 Å². The normalized spacial score (nSPS) is 13.0. The number of fused-ring (bicyclic) bond motifs is 1. The van der Waals surface area contributed by atoms with Gasteiger partial charge in [0.15, 0.2) is 0 Å². The molecule has 4 nitrogen and oxygen atoms in total. The van der Waals surface area contributed by atoms with Gasteiger partial charge in [-0.3, -0.25) is 9.36 Å². The van der Waals surface area contributed by atoms with Crippen molar-refractivity contribution in [1.82, 2.24) is 9.47 Å². The zero-order valence-corrected chi connectivity index (χ0v) is 13.2. The lowest BCUT2D eigenvalue weighted by molar-refractivity contribution is 0.0880. The molecule has 0 aliphatic heterocycles. The Morgan fingerprint density at radius 2 is 2.05 bits per heavy atom. The Bertz CT molecular complexity index is 616. The van der Waals surface area contributed by atoms with Crippen molar-refractivity contribution in [2.45, 2.75) is 32.2 Å². The van der Waals surface area contributed by atoms with Gasteiger partial charge in [-0.15, -0.1) is 0 Å². The van der Waals surface area contributed by atoms with Crippen molar-refractivity contribution in [2.24, 2.45) is 5.73 Å². The molecule has 1 heterocycles. The molecular formula is C17H25N3O. The molecule has 0 amide bonds. The topological polar surface area (TPSA) is 51.3 Å². The van der Waals surface area contributed by atoms with Crippen LogP contribution in [0.1, 0.15) is 30.1 Å². The van der Waals surface area contributed by atoms with Gasteiger partial charge in [0, 0.05) is 18.1 Å². The predicted molar refractivity (Wildman–Crippen MR) is 87.7 cm³/mol. The second-order valence-corrected chi connectivity index (χ2v) is 5.83. The van der Waals surface area contributed by atoms with Crippen LogP contribution in [0, 0.1) is 0 Å². The van der Waals surface area contributed by atoms with Gasteiger partial charge in [0.1, 0.15) is 0 Å². The van der Waals surface area contributed by atoms with E-state index in [9.17, 15) is 4.79 Å². The Morgan fingerprint density at radius 3 is 2.71 bits per heavy atom. The molecular weight excluding hydrogens is 262 g/mol. The summed E-state index contributed by atoms with van der Waals surface area (Å²) < 4.78 is 1.74. The van der Waals surface area contributed by atoms with Crippen molar-refractivity contribution in [3.8, 4) is 0 Å². The standard InChI is InChI=1S/C17H25N3O/c1-4-7-15(18)17(21)20-12-13(10-11-19(2)3)14-8-5-6-9-16(14)20/h5-6,8-9,12,15H,4,7,10-11,18H2,1-3H3. The molecule has 0 saturated heterocycles. The zero-order valence-electron chi connectivity index (χ0n) is 13.2. The van der Waals surface area contributed by atoms with E-state index in [4.69, 9.17) is 5.73 Å². The van der Waals surface area contributed by atoms with E-state index in [-0.39, 0.29) is 5.91 Å². The fourth-order valence-electron chi connectivity index (χ4n) is 2.59. The van der Waals surface area contributed by atoms with Gasteiger partial charge in [-0.05, 0) is 38.6 Å². The van der Waals surface area contributed by atoms with Gasteiger partial charge in [0.25, 0.3) is 0 Å². The molecule has 0 radical (unpaired) electrons. The molecule has 2 N–H and O–H groups in total. The monoisotopic (exact) mass is 287 g/mol. The van der Waals surface area contributed by atoms with E-state index in [0.717, 1.165) is 36.7 Å². The van der Waals surface area contributed by atoms with Crippen LogP contribution in [0.3, 0.4) is 0 Å². The van der Waals surface area contributed by atoms with Crippen LogP contribution in [0.15, 0.2) is 30.5 Å². The minimum Gasteiger partial charge on any atom is -0.320 e. The number of hydrogen-bond donors (Lipinski definition) is 1. The Balaban J connectivity index is 2.37. The highest BCUT2D eigenvalue weighted by molar-refractivity contribution is 5.96. The van der Waals surface area contributed by atoms with Gasteiger partial charge < -0.3 is 10.6 Å². The minimum atomic E-state index is -0.424. The smallest absolute Gasteiger partial charge is 0.247 e. The number of carbonyl (C=O) groups is 1. The maximum absolute atomic E-state index is 12.5. The van der Waals surface area contributed by atoms with Gasteiger partial charge in [-0.25, -0.2) is 0 Å². The number of nitrogens with two attached hydrogens (primary N) is 1. The summed E-state index contributed by atoms with van der Waals surface area (Å²) in [4.78, 5) is 14.7. The lowest BCUT2D eigenvalue weighted by Gasteiger charge is -2.10. The molecule has 21 heavy (non-hydrogen) atoms. The fourth-order valence-corrected chi connectivity index (χ4v) is 2.59. The molecule has 0 aliphatic rings. The first-order valence-electron chi connectivity index (χ1n) is 7.58. The average Bonchev–Trinajstić information content (AvgIpc) is 2.83. The molecule has 1 unspecified atom stereocenters. The summed E-state index contributed by atoms with van der Waals surface area (Å²) in [5.41, 5.74) is 8.17. The third kappa shape index (κ3) is 3.52. The summed E-state index contributed by atoms with van der Waals surface area (Å²) >= 11 is 0. The highest BCUT2D eigenvalue weighted by atomic mass is 16.2. The van der Waals surface area contributed by atoms with Crippen molar-refractivity contribution in [3.05, 3.63) is 36.0 Å². The van der Waals surface area contributed by atoms with Crippen LogP contribution in [-0.4, -0.2) is 42.1 Å². The number of likely N-dealkylation sites (N-methyl/N-ethyl adjacent to an activating group) is 1. The minimum absolute atomic E-state index is 0.0100. The molecule has 0 fully saturated rings. The fraction of sp³-hybridized carbons (Fsp3) is 0.471. The molecule has 1 atom stereocenters. The first-order valence-corrected chi connectivity index (χ1v) is 7.58. The van der Waals surface area contributed by atoms with Gasteiger partial charge in [-0.2, -0.15) is 0 Å². The van der Waals surface area contributed by atoms with E-state index in [1.165, 1.54) is 5.56 Å². The third-order valence-corrected chi connectivity index (χ3v) is 3.78. The summed E-state index contributed by atoms with van der Waals surface area (Å²) in [5, 5.41) is 1.15. The molecule has 2 aromatic rings. The van der Waals surface area contributed by atoms with Gasteiger partial charge in [-0.1, -0.05) is 31.5 Å².